The third-order valence-corrected chi connectivity index (χ3v) is 10.4. The zero-order valence-electron chi connectivity index (χ0n) is 16.8. The van der Waals surface area contributed by atoms with Gasteiger partial charge in [-0.15, -0.1) is 0 Å². The molecule has 5 nitrogen and oxygen atoms in total. The molecule has 5 fully saturated rings. The van der Waals surface area contributed by atoms with Gasteiger partial charge in [-0.05, 0) is 86.9 Å². The highest BCUT2D eigenvalue weighted by molar-refractivity contribution is 7.75. The Morgan fingerprint density at radius 2 is 1.93 bits per heavy atom. The van der Waals surface area contributed by atoms with Gasteiger partial charge in [0.05, 0.1) is 19.1 Å². The molecule has 4 saturated carbocycles. The van der Waals surface area contributed by atoms with Crippen LogP contribution in [0.25, 0.3) is 0 Å². The molecule has 2 bridgehead atoms. The van der Waals surface area contributed by atoms with Crippen molar-refractivity contribution >= 4 is 17.3 Å². The van der Waals surface area contributed by atoms with Crippen LogP contribution in [0.2, 0.25) is 0 Å². The standard InChI is InChI=1S/C21H32O5S/c1-18-8-4-9-19(2,17(22)24-3)15(18)7-10-20-11-14(5-6-16(18)20)21(12-20)13-25-27(23)26-21/h14-16H,4-13H2,1-3H3/t14-,15+,16+,18-,19-,20+,21-,27?/m1/s1. The Bertz CT molecular complexity index is 696. The van der Waals surface area contributed by atoms with Crippen LogP contribution in [0, 0.1) is 34.0 Å². The second-order valence-corrected chi connectivity index (χ2v) is 11.4. The molecule has 27 heavy (non-hydrogen) atoms. The van der Waals surface area contributed by atoms with Crippen molar-refractivity contribution in [2.45, 2.75) is 77.2 Å². The van der Waals surface area contributed by atoms with E-state index >= 15 is 0 Å². The van der Waals surface area contributed by atoms with E-state index in [-0.39, 0.29) is 27.8 Å². The number of methoxy groups -OCH3 is 1. The number of fused-ring (bicyclic) bond motifs is 4. The van der Waals surface area contributed by atoms with Crippen molar-refractivity contribution in [2.24, 2.45) is 34.0 Å². The maximum absolute atomic E-state index is 12.8. The summed E-state index contributed by atoms with van der Waals surface area (Å²) in [4.78, 5) is 12.8. The van der Waals surface area contributed by atoms with Crippen LogP contribution in [0.3, 0.4) is 0 Å². The summed E-state index contributed by atoms with van der Waals surface area (Å²) >= 11 is -1.58. The molecule has 8 atom stereocenters. The molecule has 0 aromatic carbocycles. The van der Waals surface area contributed by atoms with Crippen LogP contribution in [0.5, 0.6) is 0 Å². The van der Waals surface area contributed by atoms with Crippen molar-refractivity contribution in [3.8, 4) is 0 Å². The van der Waals surface area contributed by atoms with E-state index in [1.165, 1.54) is 26.4 Å². The Morgan fingerprint density at radius 1 is 1.11 bits per heavy atom. The fourth-order valence-corrected chi connectivity index (χ4v) is 9.53. The molecule has 0 radical (unpaired) electrons. The molecule has 1 aliphatic heterocycles. The number of esters is 1. The summed E-state index contributed by atoms with van der Waals surface area (Å²) in [5, 5.41) is 0. The van der Waals surface area contributed by atoms with Gasteiger partial charge in [-0.25, -0.2) is 0 Å². The first kappa shape index (κ1) is 18.6. The molecule has 1 saturated heterocycles. The van der Waals surface area contributed by atoms with Crippen LogP contribution < -0.4 is 0 Å². The van der Waals surface area contributed by atoms with Gasteiger partial charge in [-0.1, -0.05) is 13.3 Å². The maximum atomic E-state index is 12.8. The molecule has 4 aliphatic carbocycles. The van der Waals surface area contributed by atoms with Crippen molar-refractivity contribution in [3.05, 3.63) is 0 Å². The lowest BCUT2D eigenvalue weighted by molar-refractivity contribution is -0.184. The molecule has 6 heteroatoms. The van der Waals surface area contributed by atoms with E-state index in [9.17, 15) is 9.00 Å². The molecule has 0 amide bonds. The molecule has 0 aromatic heterocycles. The van der Waals surface area contributed by atoms with Gasteiger partial charge in [0, 0.05) is 0 Å². The van der Waals surface area contributed by atoms with Crippen molar-refractivity contribution in [2.75, 3.05) is 13.7 Å². The molecule has 5 rings (SSSR count). The summed E-state index contributed by atoms with van der Waals surface area (Å²) in [6.07, 6.45) is 9.98. The lowest BCUT2D eigenvalue weighted by atomic mass is 9.41. The summed E-state index contributed by atoms with van der Waals surface area (Å²) in [5.41, 5.74) is -0.247. The monoisotopic (exact) mass is 396 g/mol. The van der Waals surface area contributed by atoms with Gasteiger partial charge in [-0.3, -0.25) is 13.2 Å². The number of rotatable bonds is 1. The summed E-state index contributed by atoms with van der Waals surface area (Å²) in [6, 6.07) is 0. The van der Waals surface area contributed by atoms with E-state index in [2.05, 4.69) is 13.8 Å². The zero-order valence-corrected chi connectivity index (χ0v) is 17.6. The minimum Gasteiger partial charge on any atom is -0.469 e. The molecule has 0 aromatic rings. The summed E-state index contributed by atoms with van der Waals surface area (Å²) in [6.45, 7) is 5.09. The predicted molar refractivity (Wildman–Crippen MR) is 101 cm³/mol. The second kappa shape index (κ2) is 5.79. The minimum absolute atomic E-state index is 0.0196. The molecule has 1 unspecified atom stereocenters. The number of hydrogen-bond acceptors (Lipinski definition) is 5. The van der Waals surface area contributed by atoms with Crippen LogP contribution in [0.15, 0.2) is 0 Å². The summed E-state index contributed by atoms with van der Waals surface area (Å²) in [5.74, 6) is 1.45. The number of carbonyl (C=O) groups is 1. The van der Waals surface area contributed by atoms with Gasteiger partial charge in [-0.2, -0.15) is 4.21 Å². The molecular weight excluding hydrogens is 364 g/mol. The van der Waals surface area contributed by atoms with E-state index in [4.69, 9.17) is 13.1 Å². The van der Waals surface area contributed by atoms with Gasteiger partial charge in [0.1, 0.15) is 5.60 Å². The number of ether oxygens (including phenoxy) is 1. The molecule has 2 spiro atoms. The fourth-order valence-electron chi connectivity index (χ4n) is 8.67. The Labute approximate surface area is 164 Å². The molecule has 152 valence electrons. The first-order valence-corrected chi connectivity index (χ1v) is 11.6. The third-order valence-electron chi connectivity index (χ3n) is 9.58. The SMILES string of the molecule is COC(=O)[C@]1(C)CCC[C@@]2(C)[C@@H]3CC[C@@H]4C[C@@]3(CC[C@@H]21)C[C@@]41COS(=O)O1. The molecule has 0 N–H and O–H groups in total. The fraction of sp³-hybridized carbons (Fsp3) is 0.952. The van der Waals surface area contributed by atoms with E-state index in [1.54, 1.807) is 0 Å². The van der Waals surface area contributed by atoms with Crippen LogP contribution in [-0.4, -0.2) is 29.5 Å². The van der Waals surface area contributed by atoms with Crippen LogP contribution in [-0.2, 0) is 29.3 Å². The van der Waals surface area contributed by atoms with Gasteiger partial charge in [0.15, 0.2) is 0 Å². The van der Waals surface area contributed by atoms with Crippen molar-refractivity contribution in [1.82, 2.24) is 0 Å². The number of carbonyl (C=O) groups excluding carboxylic acids is 1. The van der Waals surface area contributed by atoms with Crippen molar-refractivity contribution in [3.63, 3.8) is 0 Å². The lowest BCUT2D eigenvalue weighted by Crippen LogP contribution is -2.58. The van der Waals surface area contributed by atoms with Crippen LogP contribution in [0.4, 0.5) is 0 Å². The molecule has 1 heterocycles. The van der Waals surface area contributed by atoms with E-state index in [0.717, 1.165) is 38.5 Å². The Morgan fingerprint density at radius 3 is 2.63 bits per heavy atom. The maximum Gasteiger partial charge on any atom is 0.311 e. The second-order valence-electron chi connectivity index (χ2n) is 10.5. The smallest absolute Gasteiger partial charge is 0.311 e. The normalized spacial score (nSPS) is 56.6. The number of hydrogen-bond donors (Lipinski definition) is 0. The highest BCUT2D eigenvalue weighted by Gasteiger charge is 2.70. The highest BCUT2D eigenvalue weighted by atomic mass is 32.2. The molecule has 5 aliphatic rings. The first-order valence-electron chi connectivity index (χ1n) is 10.6. The Balaban J connectivity index is 1.51. The topological polar surface area (TPSA) is 61.8 Å². The summed E-state index contributed by atoms with van der Waals surface area (Å²) < 4.78 is 28.4. The van der Waals surface area contributed by atoms with Gasteiger partial charge in [0.25, 0.3) is 0 Å². The average molecular weight is 397 g/mol. The molecular formula is C21H32O5S. The van der Waals surface area contributed by atoms with Gasteiger partial charge in [0.2, 0.25) is 0 Å². The largest absolute Gasteiger partial charge is 0.469 e. The van der Waals surface area contributed by atoms with E-state index in [0.29, 0.717) is 24.4 Å². The highest BCUT2D eigenvalue weighted by Crippen LogP contribution is 2.73. The average Bonchev–Trinajstić information content (AvgIpc) is 3.11. The van der Waals surface area contributed by atoms with E-state index < -0.39 is 11.4 Å². The van der Waals surface area contributed by atoms with Crippen molar-refractivity contribution < 1.29 is 22.1 Å². The Hall–Kier alpha value is -0.460. The minimum atomic E-state index is -1.58. The predicted octanol–water partition coefficient (Wildman–Crippen LogP) is 3.94. The van der Waals surface area contributed by atoms with E-state index in [1.807, 2.05) is 0 Å². The third kappa shape index (κ3) is 2.29. The van der Waals surface area contributed by atoms with Crippen LogP contribution in [0.1, 0.15) is 71.6 Å². The van der Waals surface area contributed by atoms with Crippen LogP contribution >= 0.6 is 0 Å². The quantitative estimate of drug-likeness (QED) is 0.628. The summed E-state index contributed by atoms with van der Waals surface area (Å²) in [7, 11) is 1.54. The first-order chi connectivity index (χ1) is 12.8. The Kier molecular flexibility index (Phi) is 3.98. The lowest BCUT2D eigenvalue weighted by Gasteiger charge is -2.63. The van der Waals surface area contributed by atoms with Gasteiger partial charge >= 0.3 is 17.3 Å². The zero-order chi connectivity index (χ0) is 19.1. The van der Waals surface area contributed by atoms with Crippen molar-refractivity contribution in [1.29, 1.82) is 0 Å². The van der Waals surface area contributed by atoms with Gasteiger partial charge < -0.3 is 4.74 Å².